The lowest BCUT2D eigenvalue weighted by Crippen LogP contribution is -2.39. The summed E-state index contributed by atoms with van der Waals surface area (Å²) < 4.78 is 4.50. The molecule has 0 heterocycles. The molecule has 0 amide bonds. The molecule has 1 aromatic rings. The summed E-state index contributed by atoms with van der Waals surface area (Å²) >= 11 is 6.08. The van der Waals surface area contributed by atoms with E-state index in [2.05, 4.69) is 37.6 Å². The molecule has 0 bridgehead atoms. The van der Waals surface area contributed by atoms with E-state index in [1.54, 1.807) is 24.3 Å². The maximum atomic E-state index is 11.1. The molecule has 1 rings (SSSR count). The fourth-order valence-corrected chi connectivity index (χ4v) is 0.905. The van der Waals surface area contributed by atoms with Crippen LogP contribution in [0, 0.1) is 0 Å². The first-order valence-electron chi connectivity index (χ1n) is 3.51. The van der Waals surface area contributed by atoms with Crippen molar-refractivity contribution in [1.82, 2.24) is 0 Å². The zero-order valence-corrected chi connectivity index (χ0v) is 9.84. The van der Waals surface area contributed by atoms with Gasteiger partial charge >= 0.3 is 5.97 Å². The number of ether oxygens (including phenoxy) is 1. The van der Waals surface area contributed by atoms with Gasteiger partial charge in [-0.3, -0.25) is 0 Å². The molecule has 0 aromatic heterocycles. The van der Waals surface area contributed by atoms with Crippen LogP contribution < -0.4 is 10.5 Å². The summed E-state index contributed by atoms with van der Waals surface area (Å²) in [6.07, 6.45) is 0. The van der Waals surface area contributed by atoms with E-state index in [0.717, 1.165) is 5.69 Å². The minimum absolute atomic E-state index is 0.378. The molecule has 70 valence electrons. The largest absolute Gasteiger partial charge is 0.425 e. The van der Waals surface area contributed by atoms with Crippen molar-refractivity contribution in [3.63, 3.8) is 0 Å². The van der Waals surface area contributed by atoms with E-state index in [-0.39, 0.29) is 5.97 Å². The number of carbonyl (C=O) groups is 1. The van der Waals surface area contributed by atoms with Gasteiger partial charge in [0, 0.05) is 12.1 Å². The number of carbonyl (C=O) groups excluding carboxylic acids is 1. The van der Waals surface area contributed by atoms with Crippen LogP contribution in [0.4, 0.5) is 5.69 Å². The fraction of sp³-hybridized carbons (Fsp3) is 0.125. The van der Waals surface area contributed by atoms with Crippen LogP contribution in [0.25, 0.3) is 0 Å². The molecule has 0 fully saturated rings. The van der Waals surface area contributed by atoms with Gasteiger partial charge in [0.1, 0.15) is 11.4 Å². The molecule has 13 heavy (non-hydrogen) atoms. The number of benzene rings is 1. The summed E-state index contributed by atoms with van der Waals surface area (Å²) in [7, 11) is 0. The molecule has 5 heteroatoms. The molecule has 0 aliphatic heterocycles. The summed E-state index contributed by atoms with van der Waals surface area (Å²) in [4.78, 5) is 11.1. The second-order valence-electron chi connectivity index (χ2n) is 2.37. The van der Waals surface area contributed by atoms with Crippen molar-refractivity contribution in [2.45, 2.75) is 3.74 Å². The van der Waals surface area contributed by atoms with E-state index in [0.29, 0.717) is 5.75 Å². The van der Waals surface area contributed by atoms with Crippen molar-refractivity contribution in [1.29, 1.82) is 0 Å². The molecular weight excluding hydrogens is 302 g/mol. The first-order valence-corrected chi connectivity index (χ1v) is 5.34. The Balaban J connectivity index is 2.65. The van der Waals surface area contributed by atoms with Crippen molar-refractivity contribution in [3.05, 3.63) is 24.3 Å². The van der Waals surface area contributed by atoms with Gasteiger partial charge in [0.15, 0.2) is 3.74 Å². The van der Waals surface area contributed by atoms with Gasteiger partial charge in [-0.05, 0) is 12.1 Å². The van der Waals surface area contributed by atoms with Gasteiger partial charge in [-0.2, -0.15) is 0 Å². The number of rotatable bonds is 2. The summed E-state index contributed by atoms with van der Waals surface area (Å²) in [5.41, 5.74) is 4.60. The highest BCUT2D eigenvalue weighted by atomic mass is 79.9. The quantitative estimate of drug-likeness (QED) is 0.512. The molecule has 0 radical (unpaired) electrons. The molecule has 0 aliphatic carbocycles. The van der Waals surface area contributed by atoms with E-state index in [1.165, 1.54) is 0 Å². The Bertz CT molecular complexity index is 298. The third-order valence-electron chi connectivity index (χ3n) is 1.32. The predicted molar refractivity (Wildman–Crippen MR) is 56.3 cm³/mol. The van der Waals surface area contributed by atoms with Crippen molar-refractivity contribution in [2.24, 2.45) is 0 Å². The Hall–Kier alpha value is -0.390. The zero-order chi connectivity index (χ0) is 9.84. The van der Waals surface area contributed by atoms with Crippen molar-refractivity contribution in [3.8, 4) is 5.75 Å². The van der Waals surface area contributed by atoms with Crippen molar-refractivity contribution < 1.29 is 15.3 Å². The SMILES string of the molecule is [NH3+]c1ccc(OC(=O)C(Br)Br)cc1. The van der Waals surface area contributed by atoms with Crippen LogP contribution in [-0.2, 0) is 4.79 Å². The lowest BCUT2D eigenvalue weighted by molar-refractivity contribution is -0.254. The average molecular weight is 310 g/mol. The molecule has 0 unspecified atom stereocenters. The highest BCUT2D eigenvalue weighted by molar-refractivity contribution is 9.25. The van der Waals surface area contributed by atoms with Crippen LogP contribution in [0.3, 0.4) is 0 Å². The highest BCUT2D eigenvalue weighted by Crippen LogP contribution is 2.16. The minimum Gasteiger partial charge on any atom is -0.425 e. The van der Waals surface area contributed by atoms with E-state index in [4.69, 9.17) is 4.74 Å². The fourth-order valence-electron chi connectivity index (χ4n) is 0.718. The summed E-state index contributed by atoms with van der Waals surface area (Å²) in [5, 5.41) is 0. The number of quaternary nitrogens is 1. The van der Waals surface area contributed by atoms with Crippen LogP contribution in [0.15, 0.2) is 24.3 Å². The standard InChI is InChI=1S/C8H7Br2NO2/c9-7(10)8(12)13-6-3-1-5(11)2-4-6/h1-4,7H,11H2/p+1. The number of hydrogen-bond donors (Lipinski definition) is 1. The normalized spacial score (nSPS) is 10.2. The van der Waals surface area contributed by atoms with Gasteiger partial charge in [-0.1, -0.05) is 31.9 Å². The smallest absolute Gasteiger partial charge is 0.336 e. The molecule has 0 spiro atoms. The Morgan fingerprint density at radius 2 is 1.85 bits per heavy atom. The molecule has 0 saturated heterocycles. The van der Waals surface area contributed by atoms with Crippen molar-refractivity contribution >= 4 is 43.5 Å². The van der Waals surface area contributed by atoms with Gasteiger partial charge in [0.2, 0.25) is 0 Å². The van der Waals surface area contributed by atoms with Crippen LogP contribution in [0.1, 0.15) is 0 Å². The lowest BCUT2D eigenvalue weighted by Gasteiger charge is -2.03. The van der Waals surface area contributed by atoms with Gasteiger partial charge in [0.25, 0.3) is 0 Å². The van der Waals surface area contributed by atoms with Crippen LogP contribution >= 0.6 is 31.9 Å². The lowest BCUT2D eigenvalue weighted by atomic mass is 10.3. The van der Waals surface area contributed by atoms with Crippen LogP contribution in [0.5, 0.6) is 5.75 Å². The van der Waals surface area contributed by atoms with E-state index < -0.39 is 3.74 Å². The number of esters is 1. The third-order valence-corrected chi connectivity index (χ3v) is 2.07. The second kappa shape index (κ2) is 4.74. The first-order chi connectivity index (χ1) is 6.09. The highest BCUT2D eigenvalue weighted by Gasteiger charge is 2.12. The number of halogens is 2. The Morgan fingerprint density at radius 1 is 1.31 bits per heavy atom. The molecule has 1 aromatic carbocycles. The Morgan fingerprint density at radius 3 is 2.31 bits per heavy atom. The first kappa shape index (κ1) is 10.7. The predicted octanol–water partition coefficient (Wildman–Crippen LogP) is 1.58. The summed E-state index contributed by atoms with van der Waals surface area (Å²) in [6.45, 7) is 0. The summed E-state index contributed by atoms with van der Waals surface area (Å²) in [6, 6.07) is 6.95. The average Bonchev–Trinajstić information content (AvgIpc) is 2.08. The number of alkyl halides is 2. The van der Waals surface area contributed by atoms with Gasteiger partial charge in [-0.25, -0.2) is 4.79 Å². The Labute approximate surface area is 92.5 Å². The minimum atomic E-state index is -0.473. The molecule has 3 nitrogen and oxygen atoms in total. The molecule has 3 N–H and O–H groups in total. The topological polar surface area (TPSA) is 53.9 Å². The molecule has 0 aliphatic rings. The summed E-state index contributed by atoms with van der Waals surface area (Å²) in [5.74, 6) is 0.137. The molecule has 0 atom stereocenters. The van der Waals surface area contributed by atoms with Gasteiger partial charge in [0.05, 0.1) is 0 Å². The van der Waals surface area contributed by atoms with Gasteiger partial charge in [-0.15, -0.1) is 0 Å². The Kier molecular flexibility index (Phi) is 3.90. The van der Waals surface area contributed by atoms with Crippen LogP contribution in [0.2, 0.25) is 0 Å². The molecular formula is C8H8Br2NO2+. The number of hydrogen-bond acceptors (Lipinski definition) is 2. The second-order valence-corrected chi connectivity index (χ2v) is 5.43. The third kappa shape index (κ3) is 3.46. The van der Waals surface area contributed by atoms with Gasteiger partial charge < -0.3 is 10.5 Å². The maximum absolute atomic E-state index is 11.1. The van der Waals surface area contributed by atoms with E-state index in [9.17, 15) is 4.79 Å². The van der Waals surface area contributed by atoms with Crippen molar-refractivity contribution in [2.75, 3.05) is 0 Å². The maximum Gasteiger partial charge on any atom is 0.336 e. The monoisotopic (exact) mass is 308 g/mol. The van der Waals surface area contributed by atoms with Crippen LogP contribution in [-0.4, -0.2) is 9.71 Å². The van der Waals surface area contributed by atoms with E-state index >= 15 is 0 Å². The molecule has 0 saturated carbocycles. The van der Waals surface area contributed by atoms with E-state index in [1.807, 2.05) is 0 Å². The zero-order valence-electron chi connectivity index (χ0n) is 6.67.